The molecule has 0 aliphatic carbocycles. The first-order valence-corrected chi connectivity index (χ1v) is 7.49. The Labute approximate surface area is 117 Å². The Morgan fingerprint density at radius 3 is 2.74 bits per heavy atom. The maximum atomic E-state index is 12.1. The van der Waals surface area contributed by atoms with Gasteiger partial charge in [0.2, 0.25) is 10.0 Å². The second kappa shape index (κ2) is 5.32. The van der Waals surface area contributed by atoms with Gasteiger partial charge in [0.05, 0.1) is 11.9 Å². The number of nitrogens with one attached hydrogen (secondary N) is 1. The van der Waals surface area contributed by atoms with Gasteiger partial charge < -0.3 is 0 Å². The van der Waals surface area contributed by atoms with Crippen LogP contribution >= 0.6 is 11.6 Å². The van der Waals surface area contributed by atoms with E-state index in [-0.39, 0.29) is 11.4 Å². The Morgan fingerprint density at radius 2 is 2.16 bits per heavy atom. The number of benzene rings is 1. The lowest BCUT2D eigenvalue weighted by molar-refractivity contribution is 0.580. The van der Waals surface area contributed by atoms with Gasteiger partial charge in [0.25, 0.3) is 0 Å². The van der Waals surface area contributed by atoms with Gasteiger partial charge >= 0.3 is 0 Å². The van der Waals surface area contributed by atoms with Crippen LogP contribution in [0, 0.1) is 6.92 Å². The Morgan fingerprint density at radius 1 is 1.42 bits per heavy atom. The molecular formula is C12H14ClN3O2S. The highest BCUT2D eigenvalue weighted by molar-refractivity contribution is 7.89. The van der Waals surface area contributed by atoms with Crippen LogP contribution in [0.5, 0.6) is 0 Å². The zero-order valence-electron chi connectivity index (χ0n) is 10.6. The first-order valence-electron chi connectivity index (χ1n) is 5.63. The summed E-state index contributed by atoms with van der Waals surface area (Å²) >= 11 is 5.85. The van der Waals surface area contributed by atoms with E-state index < -0.39 is 10.0 Å². The molecular weight excluding hydrogens is 286 g/mol. The summed E-state index contributed by atoms with van der Waals surface area (Å²) in [6.07, 6.45) is 1.34. The molecule has 0 radical (unpaired) electrons. The Kier molecular flexibility index (Phi) is 3.93. The molecule has 0 spiro atoms. The molecule has 0 bridgehead atoms. The predicted molar refractivity (Wildman–Crippen MR) is 73.4 cm³/mol. The van der Waals surface area contributed by atoms with E-state index in [0.29, 0.717) is 10.7 Å². The molecule has 0 unspecified atom stereocenters. The summed E-state index contributed by atoms with van der Waals surface area (Å²) in [4.78, 5) is 0.192. The number of hydrogen-bond donors (Lipinski definition) is 1. The fraction of sp³-hybridized carbons (Fsp3) is 0.250. The highest BCUT2D eigenvalue weighted by atomic mass is 35.5. The van der Waals surface area contributed by atoms with Crippen molar-refractivity contribution in [1.82, 2.24) is 14.5 Å². The number of nitrogens with zero attached hydrogens (tertiary/aromatic N) is 2. The number of rotatable bonds is 4. The van der Waals surface area contributed by atoms with Crippen LogP contribution < -0.4 is 4.72 Å². The van der Waals surface area contributed by atoms with E-state index in [2.05, 4.69) is 9.82 Å². The summed E-state index contributed by atoms with van der Waals surface area (Å²) in [6, 6.07) is 7.05. The minimum atomic E-state index is -3.56. The van der Waals surface area contributed by atoms with Crippen LogP contribution in [0.2, 0.25) is 5.02 Å². The van der Waals surface area contributed by atoms with Crippen LogP contribution in [0.1, 0.15) is 11.3 Å². The van der Waals surface area contributed by atoms with Crippen molar-refractivity contribution in [1.29, 1.82) is 0 Å². The minimum Gasteiger partial charge on any atom is -0.272 e. The van der Waals surface area contributed by atoms with E-state index in [4.69, 9.17) is 11.6 Å². The summed E-state index contributed by atoms with van der Waals surface area (Å²) in [6.45, 7) is 1.90. The third-order valence-electron chi connectivity index (χ3n) is 2.84. The molecule has 102 valence electrons. The second-order valence-corrected chi connectivity index (χ2v) is 6.34. The van der Waals surface area contributed by atoms with Crippen molar-refractivity contribution in [3.63, 3.8) is 0 Å². The molecule has 1 aromatic heterocycles. The largest absolute Gasteiger partial charge is 0.272 e. The molecule has 1 aromatic carbocycles. The molecule has 1 N–H and O–H groups in total. The molecule has 0 aliphatic rings. The molecule has 0 atom stereocenters. The quantitative estimate of drug-likeness (QED) is 0.937. The van der Waals surface area contributed by atoms with E-state index >= 15 is 0 Å². The first kappa shape index (κ1) is 14.0. The van der Waals surface area contributed by atoms with Crippen LogP contribution in [0.3, 0.4) is 0 Å². The van der Waals surface area contributed by atoms with Gasteiger partial charge in [0.15, 0.2) is 0 Å². The van der Waals surface area contributed by atoms with Crippen molar-refractivity contribution >= 4 is 21.6 Å². The van der Waals surface area contributed by atoms with Gasteiger partial charge in [-0.2, -0.15) is 5.10 Å². The standard InChI is InChI=1S/C12H14ClN3O2S/c1-9-12(8-14-16(9)2)19(17,18)15-7-10-4-3-5-11(13)6-10/h3-6,8,15H,7H2,1-2H3. The Bertz CT molecular complexity index is 695. The summed E-state index contributed by atoms with van der Waals surface area (Å²) in [5, 5.41) is 4.51. The van der Waals surface area contributed by atoms with Crippen LogP contribution in [-0.4, -0.2) is 18.2 Å². The summed E-state index contributed by atoms with van der Waals surface area (Å²) in [5.74, 6) is 0. The number of sulfonamides is 1. The maximum absolute atomic E-state index is 12.1. The van der Waals surface area contributed by atoms with Gasteiger partial charge in [-0.1, -0.05) is 23.7 Å². The van der Waals surface area contributed by atoms with E-state index in [1.165, 1.54) is 10.9 Å². The van der Waals surface area contributed by atoms with Crippen molar-refractivity contribution in [2.45, 2.75) is 18.4 Å². The number of aromatic nitrogens is 2. The zero-order valence-corrected chi connectivity index (χ0v) is 12.2. The minimum absolute atomic E-state index is 0.192. The molecule has 2 rings (SSSR count). The van der Waals surface area contributed by atoms with Crippen molar-refractivity contribution in [2.24, 2.45) is 7.05 Å². The van der Waals surface area contributed by atoms with Crippen LogP contribution in [0.15, 0.2) is 35.4 Å². The Balaban J connectivity index is 2.17. The van der Waals surface area contributed by atoms with Crippen molar-refractivity contribution in [2.75, 3.05) is 0 Å². The molecule has 7 heteroatoms. The molecule has 0 aliphatic heterocycles. The van der Waals surface area contributed by atoms with Crippen molar-refractivity contribution < 1.29 is 8.42 Å². The highest BCUT2D eigenvalue weighted by Crippen LogP contribution is 2.15. The van der Waals surface area contributed by atoms with Crippen LogP contribution in [0.4, 0.5) is 0 Å². The molecule has 0 amide bonds. The fourth-order valence-corrected chi connectivity index (χ4v) is 3.08. The third-order valence-corrected chi connectivity index (χ3v) is 4.57. The van der Waals surface area contributed by atoms with E-state index in [0.717, 1.165) is 5.56 Å². The molecule has 0 saturated heterocycles. The normalized spacial score (nSPS) is 11.7. The van der Waals surface area contributed by atoms with Gasteiger partial charge in [-0.05, 0) is 24.6 Å². The summed E-state index contributed by atoms with van der Waals surface area (Å²) in [5.41, 5.74) is 1.40. The number of halogens is 1. The van der Waals surface area contributed by atoms with Crippen molar-refractivity contribution in [3.8, 4) is 0 Å². The second-order valence-electron chi connectivity index (χ2n) is 4.17. The van der Waals surface area contributed by atoms with Gasteiger partial charge in [0.1, 0.15) is 4.90 Å². The molecule has 5 nitrogen and oxygen atoms in total. The van der Waals surface area contributed by atoms with Crippen molar-refractivity contribution in [3.05, 3.63) is 46.7 Å². The average molecular weight is 300 g/mol. The summed E-state index contributed by atoms with van der Waals surface area (Å²) < 4.78 is 28.3. The van der Waals surface area contributed by atoms with Crippen LogP contribution in [0.25, 0.3) is 0 Å². The van der Waals surface area contributed by atoms with Gasteiger partial charge in [-0.3, -0.25) is 4.68 Å². The lowest BCUT2D eigenvalue weighted by Crippen LogP contribution is -2.23. The molecule has 1 heterocycles. The fourth-order valence-electron chi connectivity index (χ4n) is 1.65. The molecule has 0 saturated carbocycles. The van der Waals surface area contributed by atoms with E-state index in [1.807, 2.05) is 6.07 Å². The summed E-state index contributed by atoms with van der Waals surface area (Å²) in [7, 11) is -1.86. The monoisotopic (exact) mass is 299 g/mol. The maximum Gasteiger partial charge on any atom is 0.244 e. The SMILES string of the molecule is Cc1c(S(=O)(=O)NCc2cccc(Cl)c2)cnn1C. The number of aryl methyl sites for hydroxylation is 1. The lowest BCUT2D eigenvalue weighted by atomic mass is 10.2. The Hall–Kier alpha value is -1.37. The molecule has 2 aromatic rings. The van der Waals surface area contributed by atoms with E-state index in [9.17, 15) is 8.42 Å². The lowest BCUT2D eigenvalue weighted by Gasteiger charge is -2.06. The van der Waals surface area contributed by atoms with Gasteiger partial charge in [-0.25, -0.2) is 13.1 Å². The first-order chi connectivity index (χ1) is 8.90. The van der Waals surface area contributed by atoms with Gasteiger partial charge in [-0.15, -0.1) is 0 Å². The van der Waals surface area contributed by atoms with Gasteiger partial charge in [0, 0.05) is 18.6 Å². The predicted octanol–water partition coefficient (Wildman–Crippen LogP) is 1.86. The zero-order chi connectivity index (χ0) is 14.0. The van der Waals surface area contributed by atoms with E-state index in [1.54, 1.807) is 32.2 Å². The topological polar surface area (TPSA) is 64.0 Å². The van der Waals surface area contributed by atoms with Crippen LogP contribution in [-0.2, 0) is 23.6 Å². The average Bonchev–Trinajstić information content (AvgIpc) is 2.68. The molecule has 19 heavy (non-hydrogen) atoms. The molecule has 0 fully saturated rings. The highest BCUT2D eigenvalue weighted by Gasteiger charge is 2.19. The number of hydrogen-bond acceptors (Lipinski definition) is 3. The smallest absolute Gasteiger partial charge is 0.244 e. The third kappa shape index (κ3) is 3.15.